The summed E-state index contributed by atoms with van der Waals surface area (Å²) in [6.07, 6.45) is 8.01. The van der Waals surface area contributed by atoms with Crippen molar-refractivity contribution in [2.75, 3.05) is 25.5 Å². The summed E-state index contributed by atoms with van der Waals surface area (Å²) in [6, 6.07) is 7.46. The third-order valence-electron chi connectivity index (χ3n) is 5.65. The number of aromatic nitrogens is 2. The third-order valence-corrected chi connectivity index (χ3v) is 5.65. The number of nitrogens with one attached hydrogen (secondary N) is 1. The Hall–Kier alpha value is -3.16. The van der Waals surface area contributed by atoms with Crippen molar-refractivity contribution in [2.45, 2.75) is 44.1 Å². The standard InChI is InChI=1S/C22H26N4O4/c1-29-18-7-6-15(10-19(18)30-17-4-2-3-5-17)16-11-22(28)26(12-16)13-21(27)25-20-8-9-23-14-24-20/h6-10,14,16-17H,2-5,11-13H2,1H3,(H,23,24,25,27). The molecule has 2 aromatic rings. The van der Waals surface area contributed by atoms with Gasteiger partial charge in [0.25, 0.3) is 0 Å². The molecule has 1 saturated heterocycles. The Morgan fingerprint density at radius 2 is 2.07 bits per heavy atom. The number of nitrogens with zero attached hydrogens (tertiary/aromatic N) is 3. The molecule has 0 bridgehead atoms. The van der Waals surface area contributed by atoms with E-state index >= 15 is 0 Å². The highest BCUT2D eigenvalue weighted by Gasteiger charge is 2.32. The highest BCUT2D eigenvalue weighted by Crippen LogP contribution is 2.37. The molecular weight excluding hydrogens is 384 g/mol. The van der Waals surface area contributed by atoms with Crippen molar-refractivity contribution in [3.63, 3.8) is 0 Å². The van der Waals surface area contributed by atoms with Crippen LogP contribution in [0.25, 0.3) is 0 Å². The van der Waals surface area contributed by atoms with Gasteiger partial charge in [-0.2, -0.15) is 0 Å². The van der Waals surface area contributed by atoms with Gasteiger partial charge in [0.1, 0.15) is 12.1 Å². The van der Waals surface area contributed by atoms with Crippen molar-refractivity contribution in [3.8, 4) is 11.5 Å². The van der Waals surface area contributed by atoms with Crippen molar-refractivity contribution >= 4 is 17.6 Å². The van der Waals surface area contributed by atoms with Crippen LogP contribution in [0.5, 0.6) is 11.5 Å². The minimum Gasteiger partial charge on any atom is -0.493 e. The van der Waals surface area contributed by atoms with Crippen molar-refractivity contribution in [1.82, 2.24) is 14.9 Å². The molecule has 0 radical (unpaired) electrons. The van der Waals surface area contributed by atoms with Gasteiger partial charge in [-0.1, -0.05) is 6.07 Å². The molecule has 8 nitrogen and oxygen atoms in total. The van der Waals surface area contributed by atoms with Crippen LogP contribution in [-0.4, -0.2) is 53.0 Å². The summed E-state index contributed by atoms with van der Waals surface area (Å²) >= 11 is 0. The summed E-state index contributed by atoms with van der Waals surface area (Å²) in [4.78, 5) is 34.2. The van der Waals surface area contributed by atoms with Crippen molar-refractivity contribution < 1.29 is 19.1 Å². The summed E-state index contributed by atoms with van der Waals surface area (Å²) in [7, 11) is 1.63. The molecule has 2 heterocycles. The fourth-order valence-electron chi connectivity index (χ4n) is 4.09. The molecule has 2 aliphatic rings. The van der Waals surface area contributed by atoms with E-state index in [2.05, 4.69) is 15.3 Å². The third kappa shape index (κ3) is 4.69. The lowest BCUT2D eigenvalue weighted by Gasteiger charge is -2.19. The van der Waals surface area contributed by atoms with E-state index in [-0.39, 0.29) is 30.4 Å². The summed E-state index contributed by atoms with van der Waals surface area (Å²) in [5, 5.41) is 2.69. The maximum Gasteiger partial charge on any atom is 0.245 e. The fraction of sp³-hybridized carbons (Fsp3) is 0.455. The SMILES string of the molecule is COc1ccc(C2CC(=O)N(CC(=O)Nc3ccncn3)C2)cc1OC1CCCC1. The van der Waals surface area contributed by atoms with Crippen LogP contribution in [0.2, 0.25) is 0 Å². The number of rotatable bonds is 7. The van der Waals surface area contributed by atoms with Gasteiger partial charge in [-0.25, -0.2) is 9.97 Å². The van der Waals surface area contributed by atoms with Crippen LogP contribution < -0.4 is 14.8 Å². The first-order valence-electron chi connectivity index (χ1n) is 10.3. The minimum absolute atomic E-state index is 0.000915. The molecule has 1 aliphatic carbocycles. The van der Waals surface area contributed by atoms with Gasteiger partial charge in [0.2, 0.25) is 11.8 Å². The smallest absolute Gasteiger partial charge is 0.245 e. The van der Waals surface area contributed by atoms with Crippen molar-refractivity contribution in [1.29, 1.82) is 0 Å². The summed E-state index contributed by atoms with van der Waals surface area (Å²) in [5.74, 6) is 1.56. The second kappa shape index (κ2) is 9.11. The molecule has 1 aromatic heterocycles. The zero-order valence-corrected chi connectivity index (χ0v) is 17.0. The summed E-state index contributed by atoms with van der Waals surface area (Å²) < 4.78 is 11.6. The molecule has 1 atom stereocenters. The van der Waals surface area contributed by atoms with Gasteiger partial charge in [-0.3, -0.25) is 9.59 Å². The first-order chi connectivity index (χ1) is 14.6. The van der Waals surface area contributed by atoms with Crippen molar-refractivity contribution in [3.05, 3.63) is 42.4 Å². The Labute approximate surface area is 175 Å². The van der Waals surface area contributed by atoms with Gasteiger partial charge in [0, 0.05) is 25.1 Å². The topological polar surface area (TPSA) is 93.7 Å². The van der Waals surface area contributed by atoms with E-state index in [4.69, 9.17) is 9.47 Å². The molecule has 2 fully saturated rings. The molecule has 1 saturated carbocycles. The average Bonchev–Trinajstić information content (AvgIpc) is 3.39. The van der Waals surface area contributed by atoms with E-state index in [0.29, 0.717) is 24.5 Å². The number of hydrogen-bond acceptors (Lipinski definition) is 6. The number of hydrogen-bond donors (Lipinski definition) is 1. The van der Waals surface area contributed by atoms with E-state index in [9.17, 15) is 9.59 Å². The van der Waals surface area contributed by atoms with E-state index in [1.165, 1.54) is 19.2 Å². The molecule has 2 amide bonds. The summed E-state index contributed by atoms with van der Waals surface area (Å²) in [6.45, 7) is 0.492. The fourth-order valence-corrected chi connectivity index (χ4v) is 4.09. The van der Waals surface area contributed by atoms with Gasteiger partial charge < -0.3 is 19.7 Å². The zero-order chi connectivity index (χ0) is 20.9. The van der Waals surface area contributed by atoms with Gasteiger partial charge >= 0.3 is 0 Å². The minimum atomic E-state index is -0.275. The summed E-state index contributed by atoms with van der Waals surface area (Å²) in [5.41, 5.74) is 1.02. The molecule has 1 aromatic carbocycles. The maximum atomic E-state index is 12.5. The lowest BCUT2D eigenvalue weighted by Crippen LogP contribution is -2.34. The molecule has 0 spiro atoms. The number of benzene rings is 1. The molecule has 8 heteroatoms. The molecule has 4 rings (SSSR count). The normalized spacial score (nSPS) is 19.2. The first kappa shape index (κ1) is 20.1. The quantitative estimate of drug-likeness (QED) is 0.754. The van der Waals surface area contributed by atoms with Crippen LogP contribution in [0, 0.1) is 0 Å². The largest absolute Gasteiger partial charge is 0.493 e. The van der Waals surface area contributed by atoms with Crippen LogP contribution >= 0.6 is 0 Å². The molecular formula is C22H26N4O4. The first-order valence-corrected chi connectivity index (χ1v) is 10.3. The van der Waals surface area contributed by atoms with Crippen LogP contribution in [0.15, 0.2) is 36.8 Å². The van der Waals surface area contributed by atoms with E-state index in [0.717, 1.165) is 24.2 Å². The van der Waals surface area contributed by atoms with Crippen LogP contribution in [0.1, 0.15) is 43.6 Å². The van der Waals surface area contributed by atoms with Gasteiger partial charge in [-0.05, 0) is 49.4 Å². The van der Waals surface area contributed by atoms with Gasteiger partial charge in [-0.15, -0.1) is 0 Å². The predicted octanol–water partition coefficient (Wildman–Crippen LogP) is 2.76. The van der Waals surface area contributed by atoms with Crippen LogP contribution in [0.4, 0.5) is 5.82 Å². The Morgan fingerprint density at radius 3 is 2.80 bits per heavy atom. The van der Waals surface area contributed by atoms with E-state index < -0.39 is 0 Å². The highest BCUT2D eigenvalue weighted by molar-refractivity contribution is 5.94. The van der Waals surface area contributed by atoms with Crippen molar-refractivity contribution in [2.24, 2.45) is 0 Å². The number of carbonyl (C=O) groups excluding carboxylic acids is 2. The van der Waals surface area contributed by atoms with E-state index in [1.54, 1.807) is 24.3 Å². The Kier molecular flexibility index (Phi) is 6.11. The number of anilines is 1. The highest BCUT2D eigenvalue weighted by atomic mass is 16.5. The molecule has 158 valence electrons. The second-order valence-corrected chi connectivity index (χ2v) is 7.75. The number of amides is 2. The molecule has 1 unspecified atom stereocenters. The number of likely N-dealkylation sites (tertiary alicyclic amines) is 1. The van der Waals surface area contributed by atoms with Gasteiger partial charge in [0.15, 0.2) is 11.5 Å². The van der Waals surface area contributed by atoms with Crippen LogP contribution in [0.3, 0.4) is 0 Å². The number of ether oxygens (including phenoxy) is 2. The Bertz CT molecular complexity index is 899. The Morgan fingerprint density at radius 1 is 1.23 bits per heavy atom. The molecule has 1 N–H and O–H groups in total. The van der Waals surface area contributed by atoms with Crippen LogP contribution in [-0.2, 0) is 9.59 Å². The Balaban J connectivity index is 1.41. The zero-order valence-electron chi connectivity index (χ0n) is 17.0. The predicted molar refractivity (Wildman–Crippen MR) is 110 cm³/mol. The molecule has 30 heavy (non-hydrogen) atoms. The average molecular weight is 410 g/mol. The maximum absolute atomic E-state index is 12.5. The number of carbonyl (C=O) groups is 2. The lowest BCUT2D eigenvalue weighted by molar-refractivity contribution is -0.131. The lowest BCUT2D eigenvalue weighted by atomic mass is 9.98. The van der Waals surface area contributed by atoms with Gasteiger partial charge in [0.05, 0.1) is 19.8 Å². The van der Waals surface area contributed by atoms with E-state index in [1.807, 2.05) is 18.2 Å². The second-order valence-electron chi connectivity index (χ2n) is 7.75. The molecule has 1 aliphatic heterocycles. The monoisotopic (exact) mass is 410 g/mol. The number of methoxy groups -OCH3 is 1.